The molecule has 0 bridgehead atoms. The van der Waals surface area contributed by atoms with Gasteiger partial charge in [0.2, 0.25) is 0 Å². The van der Waals surface area contributed by atoms with Gasteiger partial charge in [0, 0.05) is 45.3 Å². The average Bonchev–Trinajstić information content (AvgIpc) is 3.52. The summed E-state index contributed by atoms with van der Waals surface area (Å²) in [7, 11) is 1.51. The molecule has 5 aliphatic carbocycles. The highest BCUT2D eigenvalue weighted by Gasteiger charge is 2.82. The molecule has 0 radical (unpaired) electrons. The fraction of sp³-hybridized carbons (Fsp3) is 0.818. The minimum atomic E-state index is -1.12. The molecule has 0 aromatic heterocycles. The molecule has 1 N–H and O–H groups in total. The number of rotatable bonds is 9. The van der Waals surface area contributed by atoms with Gasteiger partial charge in [-0.05, 0) is 84.0 Å². The number of methoxy groups -OCH3 is 1. The number of aliphatic hydroxyl groups excluding tert-OH is 1. The summed E-state index contributed by atoms with van der Waals surface area (Å²) in [5.41, 5.74) is -0.597. The van der Waals surface area contributed by atoms with Gasteiger partial charge in [0.15, 0.2) is 17.7 Å². The Hall–Kier alpha value is -2.06. The first kappa shape index (κ1) is 30.4. The molecule has 0 aliphatic heterocycles. The van der Waals surface area contributed by atoms with Crippen LogP contribution in [0.1, 0.15) is 80.1 Å². The summed E-state index contributed by atoms with van der Waals surface area (Å²) in [6.45, 7) is 11.0. The number of esters is 2. The third kappa shape index (κ3) is 4.21. The van der Waals surface area contributed by atoms with Crippen molar-refractivity contribution in [3.63, 3.8) is 0 Å². The van der Waals surface area contributed by atoms with Crippen LogP contribution in [0.15, 0.2) is 12.2 Å². The van der Waals surface area contributed by atoms with Crippen molar-refractivity contribution >= 4 is 23.5 Å². The summed E-state index contributed by atoms with van der Waals surface area (Å²) >= 11 is 0. The lowest BCUT2D eigenvalue weighted by atomic mass is 9.43. The number of ether oxygens (including phenoxy) is 3. The van der Waals surface area contributed by atoms with Crippen molar-refractivity contribution < 1.29 is 38.5 Å². The van der Waals surface area contributed by atoms with Crippen molar-refractivity contribution in [3.05, 3.63) is 12.2 Å². The third-order valence-electron chi connectivity index (χ3n) is 12.9. The zero-order valence-electron chi connectivity index (χ0n) is 25.7. The molecule has 5 aliphatic rings. The van der Waals surface area contributed by atoms with Crippen LogP contribution in [0, 0.1) is 57.2 Å². The van der Waals surface area contributed by atoms with Gasteiger partial charge in [-0.2, -0.15) is 0 Å². The van der Waals surface area contributed by atoms with Crippen LogP contribution in [0.3, 0.4) is 0 Å². The van der Waals surface area contributed by atoms with E-state index in [9.17, 15) is 24.3 Å². The fourth-order valence-electron chi connectivity index (χ4n) is 10.8. The van der Waals surface area contributed by atoms with Gasteiger partial charge in [0.1, 0.15) is 6.10 Å². The number of ketones is 2. The predicted octanol–water partition coefficient (Wildman–Crippen LogP) is 4.31. The van der Waals surface area contributed by atoms with Crippen molar-refractivity contribution in [1.29, 1.82) is 0 Å². The van der Waals surface area contributed by atoms with E-state index in [0.717, 1.165) is 32.1 Å². The van der Waals surface area contributed by atoms with Gasteiger partial charge < -0.3 is 19.3 Å². The first-order valence-corrected chi connectivity index (χ1v) is 15.4. The minimum Gasteiger partial charge on any atom is -0.462 e. The Morgan fingerprint density at radius 3 is 2.41 bits per heavy atom. The molecule has 12 atom stereocenters. The lowest BCUT2D eigenvalue weighted by Crippen LogP contribution is -2.57. The van der Waals surface area contributed by atoms with Crippen LogP contribution in [0.4, 0.5) is 0 Å². The lowest BCUT2D eigenvalue weighted by Gasteiger charge is -2.60. The summed E-state index contributed by atoms with van der Waals surface area (Å²) in [6.07, 6.45) is 7.75. The van der Waals surface area contributed by atoms with Crippen molar-refractivity contribution in [2.45, 2.75) is 92.3 Å². The minimum absolute atomic E-state index is 0.0313. The van der Waals surface area contributed by atoms with Crippen LogP contribution >= 0.6 is 0 Å². The maximum absolute atomic E-state index is 14.3. The largest absolute Gasteiger partial charge is 0.462 e. The monoisotopic (exact) mass is 572 g/mol. The Kier molecular flexibility index (Phi) is 7.63. The van der Waals surface area contributed by atoms with E-state index in [0.29, 0.717) is 18.3 Å². The molecule has 8 heteroatoms. The summed E-state index contributed by atoms with van der Waals surface area (Å²) in [5, 5.41) is 9.94. The number of carbonyl (C=O) groups is 4. The van der Waals surface area contributed by atoms with E-state index in [1.807, 2.05) is 6.08 Å². The van der Waals surface area contributed by atoms with E-state index >= 15 is 0 Å². The second-order valence-electron chi connectivity index (χ2n) is 14.5. The van der Waals surface area contributed by atoms with E-state index in [1.165, 1.54) is 21.0 Å². The summed E-state index contributed by atoms with van der Waals surface area (Å²) < 4.78 is 17.3. The summed E-state index contributed by atoms with van der Waals surface area (Å²) in [6, 6.07) is 0. The van der Waals surface area contributed by atoms with Crippen molar-refractivity contribution in [1.82, 2.24) is 0 Å². The molecule has 41 heavy (non-hydrogen) atoms. The molecular formula is C33H48O8. The van der Waals surface area contributed by atoms with Gasteiger partial charge in [-0.1, -0.05) is 33.8 Å². The van der Waals surface area contributed by atoms with Crippen molar-refractivity contribution in [2.24, 2.45) is 57.2 Å². The summed E-state index contributed by atoms with van der Waals surface area (Å²) in [4.78, 5) is 51.9. The van der Waals surface area contributed by atoms with Crippen LogP contribution in [-0.2, 0) is 33.4 Å². The number of hydrogen-bond donors (Lipinski definition) is 1. The zero-order chi connectivity index (χ0) is 30.1. The van der Waals surface area contributed by atoms with E-state index in [-0.39, 0.29) is 46.9 Å². The van der Waals surface area contributed by atoms with Gasteiger partial charge in [-0.3, -0.25) is 19.2 Å². The predicted molar refractivity (Wildman–Crippen MR) is 150 cm³/mol. The highest BCUT2D eigenvalue weighted by Crippen LogP contribution is 2.87. The zero-order valence-corrected chi connectivity index (χ0v) is 25.7. The molecule has 4 fully saturated rings. The lowest BCUT2D eigenvalue weighted by molar-refractivity contribution is -0.177. The van der Waals surface area contributed by atoms with E-state index < -0.39 is 47.3 Å². The highest BCUT2D eigenvalue weighted by molar-refractivity contribution is 5.93. The third-order valence-corrected chi connectivity index (χ3v) is 12.9. The normalized spacial score (nSPS) is 44.4. The Morgan fingerprint density at radius 2 is 1.80 bits per heavy atom. The molecule has 4 saturated carbocycles. The first-order chi connectivity index (χ1) is 19.2. The molecule has 8 nitrogen and oxygen atoms in total. The van der Waals surface area contributed by atoms with Gasteiger partial charge >= 0.3 is 11.9 Å². The molecule has 0 aromatic rings. The number of Topliss-reactive ketones (excluding diaryl/α,β-unsaturated/α-hetero) is 1. The Labute approximate surface area is 243 Å². The molecule has 0 saturated heterocycles. The van der Waals surface area contributed by atoms with Crippen LogP contribution in [0.25, 0.3) is 0 Å². The van der Waals surface area contributed by atoms with Gasteiger partial charge in [-0.15, -0.1) is 0 Å². The van der Waals surface area contributed by atoms with Gasteiger partial charge in [-0.25, -0.2) is 0 Å². The fourth-order valence-corrected chi connectivity index (χ4v) is 10.8. The molecule has 228 valence electrons. The van der Waals surface area contributed by atoms with Crippen LogP contribution in [-0.4, -0.2) is 61.1 Å². The quantitative estimate of drug-likeness (QED) is 0.406. The van der Waals surface area contributed by atoms with E-state index in [1.54, 1.807) is 6.92 Å². The number of aliphatic hydroxyl groups is 1. The molecule has 2 spiro atoms. The second kappa shape index (κ2) is 10.3. The molecule has 0 aromatic carbocycles. The SMILES string of the molecule is COCC(C(=O)[C@H](OC(C)=O)C1[C@@H](OC(C)=O)C[C@@]2(C)[C@@H]3CC[C@H]4[C@H](C)C(=O)C=C[C@@]45C[C@@]35CC[C@]12C)[C@@H](C)CO. The second-order valence-corrected chi connectivity index (χ2v) is 14.5. The number of hydrogen-bond acceptors (Lipinski definition) is 8. The standard InChI is InChI=1S/C33H48O8/c1-18(15-34)22(16-39-7)28(38)29(41-21(4)36)27-25(40-20(3)35)14-31(6)26-9-8-23-19(2)24(37)10-11-32(23)17-33(26,32)13-12-30(27,31)5/h10-11,18-19,22-23,25-27,29,34H,8-9,12-17H2,1-7H3/t18-,19-,22?,23-,25-,26-,27?,29+,30+,31-,32+,33-/m0/s1. The summed E-state index contributed by atoms with van der Waals surface area (Å²) in [5.74, 6) is -1.91. The highest BCUT2D eigenvalue weighted by atomic mass is 16.6. The van der Waals surface area contributed by atoms with Crippen LogP contribution < -0.4 is 0 Å². The Morgan fingerprint density at radius 1 is 1.10 bits per heavy atom. The number of carbonyl (C=O) groups excluding carboxylic acids is 4. The molecule has 2 unspecified atom stereocenters. The van der Waals surface area contributed by atoms with E-state index in [4.69, 9.17) is 14.2 Å². The Bertz CT molecular complexity index is 1150. The smallest absolute Gasteiger partial charge is 0.303 e. The number of fused-ring (bicyclic) bond motifs is 2. The molecular weight excluding hydrogens is 524 g/mol. The van der Waals surface area contributed by atoms with Crippen molar-refractivity contribution in [3.8, 4) is 0 Å². The maximum Gasteiger partial charge on any atom is 0.303 e. The topological polar surface area (TPSA) is 116 Å². The van der Waals surface area contributed by atoms with Gasteiger partial charge in [0.05, 0.1) is 6.61 Å². The first-order valence-electron chi connectivity index (χ1n) is 15.4. The number of allylic oxidation sites excluding steroid dienone is 2. The molecule has 0 heterocycles. The van der Waals surface area contributed by atoms with E-state index in [2.05, 4.69) is 26.8 Å². The molecule has 0 amide bonds. The Balaban J connectivity index is 1.57. The van der Waals surface area contributed by atoms with Crippen LogP contribution in [0.2, 0.25) is 0 Å². The van der Waals surface area contributed by atoms with Gasteiger partial charge in [0.25, 0.3) is 0 Å². The average molecular weight is 573 g/mol. The molecule has 5 rings (SSSR count). The van der Waals surface area contributed by atoms with Crippen LogP contribution in [0.5, 0.6) is 0 Å². The van der Waals surface area contributed by atoms with Crippen molar-refractivity contribution in [2.75, 3.05) is 20.3 Å². The maximum atomic E-state index is 14.3.